The number of esters is 1. The van der Waals surface area contributed by atoms with Crippen molar-refractivity contribution < 1.29 is 38.1 Å². The van der Waals surface area contributed by atoms with Gasteiger partial charge in [-0.3, -0.25) is 4.79 Å². The molecule has 0 radical (unpaired) electrons. The third-order valence-electron chi connectivity index (χ3n) is 7.21. The molecule has 0 aliphatic rings. The van der Waals surface area contributed by atoms with Gasteiger partial charge in [0, 0.05) is 28.3 Å². The molecule has 2 amide bonds. The Morgan fingerprint density at radius 3 is 2.31 bits per heavy atom. The second-order valence-electron chi connectivity index (χ2n) is 12.6. The number of aliphatic hydroxyl groups excluding tert-OH is 1. The highest BCUT2D eigenvalue weighted by Gasteiger charge is 2.28. The maximum atomic E-state index is 12.6. The number of nitrogens with two attached hydrogens (primary N) is 1. The summed E-state index contributed by atoms with van der Waals surface area (Å²) in [5.41, 5.74) is 7.90. The zero-order valence-electron chi connectivity index (χ0n) is 29.8. The smallest absolute Gasteiger partial charge is 0.408 e. The molecule has 2 heterocycles. The molecule has 0 aliphatic carbocycles. The van der Waals surface area contributed by atoms with Crippen LogP contribution in [0.2, 0.25) is 5.02 Å². The average Bonchev–Trinajstić information content (AvgIpc) is 3.60. The zero-order valence-corrected chi connectivity index (χ0v) is 31.4. The first-order chi connectivity index (χ1) is 25.7. The van der Waals surface area contributed by atoms with Crippen LogP contribution < -0.4 is 21.1 Å². The zero-order chi connectivity index (χ0) is 39.4. The fourth-order valence-electron chi connectivity index (χ4n) is 4.73. The van der Waals surface area contributed by atoms with Gasteiger partial charge in [-0.15, -0.1) is 0 Å². The Kier molecular flexibility index (Phi) is 14.3. The molecule has 0 saturated heterocycles. The van der Waals surface area contributed by atoms with E-state index < -0.39 is 42.3 Å². The molecule has 54 heavy (non-hydrogen) atoms. The number of aromatic nitrogens is 2. The summed E-state index contributed by atoms with van der Waals surface area (Å²) in [5, 5.41) is 35.6. The average molecular weight is 776 g/mol. The van der Waals surface area contributed by atoms with E-state index in [1.54, 1.807) is 69.3 Å². The third-order valence-corrected chi connectivity index (χ3v) is 8.47. The van der Waals surface area contributed by atoms with E-state index in [-0.39, 0.29) is 36.6 Å². The largest absolute Gasteiger partial charge is 0.493 e. The minimum absolute atomic E-state index is 0.0271. The second kappa shape index (κ2) is 18.8. The van der Waals surface area contributed by atoms with Crippen LogP contribution in [0.5, 0.6) is 5.75 Å². The number of carbonyl (C=O) groups excluding carboxylic acids is 3. The number of benzene rings is 2. The second-order valence-corrected chi connectivity index (χ2v) is 14.0. The minimum atomic E-state index is -1.36. The Labute approximate surface area is 320 Å². The Bertz CT molecular complexity index is 2040. The van der Waals surface area contributed by atoms with Crippen molar-refractivity contribution in [2.24, 2.45) is 0 Å². The van der Waals surface area contributed by atoms with Gasteiger partial charge in [-0.2, -0.15) is 10.5 Å². The first-order valence-corrected chi connectivity index (χ1v) is 17.9. The van der Waals surface area contributed by atoms with Gasteiger partial charge in [0.2, 0.25) is 11.8 Å². The van der Waals surface area contributed by atoms with E-state index in [4.69, 9.17) is 36.0 Å². The number of hydrogen-bond acceptors (Lipinski definition) is 14. The number of carbonyl (C=O) groups is 3. The number of thioether (sulfide) groups is 1. The molecule has 4 aromatic rings. The van der Waals surface area contributed by atoms with Crippen LogP contribution in [-0.4, -0.2) is 70.5 Å². The summed E-state index contributed by atoms with van der Waals surface area (Å²) in [4.78, 5) is 45.4. The molecule has 4 rings (SSSR count). The number of alkyl carbamates (subject to hydrolysis) is 1. The SMILES string of the molecule is C[C@@H](O)[C@H](NC(=O)CNC(=O)OC(C)(C)C)C(=O)OCCCOc1ccc(-c2c(C#N)c(N)nc(SCc3coc(-c4ccc(Cl)cc4)n3)c2C#N)cc1. The molecule has 282 valence electrons. The number of oxazole rings is 1. The van der Waals surface area contributed by atoms with Crippen molar-refractivity contribution in [1.29, 1.82) is 10.5 Å². The summed E-state index contributed by atoms with van der Waals surface area (Å²) in [6, 6.07) is 16.6. The number of amides is 2. The summed E-state index contributed by atoms with van der Waals surface area (Å²) >= 11 is 7.20. The summed E-state index contributed by atoms with van der Waals surface area (Å²) in [5.74, 6) is -0.419. The number of aliphatic hydroxyl groups is 1. The monoisotopic (exact) mass is 775 g/mol. The summed E-state index contributed by atoms with van der Waals surface area (Å²) in [6.45, 7) is 5.93. The minimum Gasteiger partial charge on any atom is -0.493 e. The molecule has 15 nitrogen and oxygen atoms in total. The van der Waals surface area contributed by atoms with E-state index in [1.165, 1.54) is 24.9 Å². The molecule has 5 N–H and O–H groups in total. The predicted octanol–water partition coefficient (Wildman–Crippen LogP) is 5.38. The number of nitrogens with one attached hydrogen (secondary N) is 2. The van der Waals surface area contributed by atoms with E-state index in [1.807, 2.05) is 0 Å². The van der Waals surface area contributed by atoms with Gasteiger partial charge in [-0.1, -0.05) is 35.5 Å². The van der Waals surface area contributed by atoms with Crippen LogP contribution in [-0.2, 0) is 24.8 Å². The van der Waals surface area contributed by atoms with Gasteiger partial charge in [0.1, 0.15) is 52.7 Å². The molecule has 2 aromatic heterocycles. The van der Waals surface area contributed by atoms with Crippen molar-refractivity contribution in [2.45, 2.75) is 62.6 Å². The number of pyridine rings is 1. The van der Waals surface area contributed by atoms with Crippen LogP contribution in [0.25, 0.3) is 22.6 Å². The Morgan fingerprint density at radius 2 is 1.69 bits per heavy atom. The molecular formula is C37H38ClN7O8S. The van der Waals surface area contributed by atoms with Gasteiger partial charge in [-0.25, -0.2) is 19.6 Å². The molecule has 17 heteroatoms. The number of anilines is 1. The molecule has 2 atom stereocenters. The fraction of sp³-hybridized carbons (Fsp3) is 0.324. The summed E-state index contributed by atoms with van der Waals surface area (Å²) < 4.78 is 21.7. The van der Waals surface area contributed by atoms with Gasteiger partial charge in [0.25, 0.3) is 0 Å². The van der Waals surface area contributed by atoms with Crippen LogP contribution in [0, 0.1) is 22.7 Å². The highest BCUT2D eigenvalue weighted by molar-refractivity contribution is 7.98. The van der Waals surface area contributed by atoms with Crippen LogP contribution in [0.15, 0.2) is 64.2 Å². The standard InChI is InChI=1S/C37H38ClN7O8S/c1-21(46)31(44-29(47)18-42-36(49)53-37(2,3)4)35(48)51-15-5-14-50-26-12-8-22(9-13-26)30-27(16-39)32(41)45-34(28(30)17-40)54-20-25-19-52-33(43-25)23-6-10-24(38)11-7-23/h6-13,19,21,31,46H,5,14-15,18,20H2,1-4H3,(H2,41,45)(H,42,49)(H,44,47)/t21-,31+/m1/s1. The van der Waals surface area contributed by atoms with Crippen LogP contribution in [0.1, 0.15) is 50.9 Å². The molecular weight excluding hydrogens is 738 g/mol. The lowest BCUT2D eigenvalue weighted by atomic mass is 9.97. The number of nitriles is 2. The van der Waals surface area contributed by atoms with E-state index in [0.717, 1.165) is 5.56 Å². The highest BCUT2D eigenvalue weighted by atomic mass is 35.5. The number of ether oxygens (including phenoxy) is 3. The fourth-order valence-corrected chi connectivity index (χ4v) is 5.73. The third kappa shape index (κ3) is 11.6. The first-order valence-electron chi connectivity index (χ1n) is 16.5. The molecule has 0 spiro atoms. The molecule has 0 bridgehead atoms. The van der Waals surface area contributed by atoms with Crippen molar-refractivity contribution >= 4 is 47.2 Å². The predicted molar refractivity (Wildman–Crippen MR) is 199 cm³/mol. The lowest BCUT2D eigenvalue weighted by molar-refractivity contribution is -0.151. The Hall–Kier alpha value is -5.81. The van der Waals surface area contributed by atoms with Crippen molar-refractivity contribution in [1.82, 2.24) is 20.6 Å². The molecule has 0 fully saturated rings. The Balaban J connectivity index is 1.32. The number of nitrogens with zero attached hydrogens (tertiary/aromatic N) is 4. The molecule has 0 unspecified atom stereocenters. The van der Waals surface area contributed by atoms with Gasteiger partial charge in [-0.05, 0) is 69.7 Å². The quantitative estimate of drug-likeness (QED) is 0.0675. The lowest BCUT2D eigenvalue weighted by Crippen LogP contribution is -2.51. The van der Waals surface area contributed by atoms with Crippen LogP contribution >= 0.6 is 23.4 Å². The van der Waals surface area contributed by atoms with Crippen LogP contribution in [0.4, 0.5) is 10.6 Å². The van der Waals surface area contributed by atoms with E-state index in [0.29, 0.717) is 44.3 Å². The van der Waals surface area contributed by atoms with Gasteiger partial charge in [0.05, 0.1) is 30.6 Å². The number of nitrogen functional groups attached to an aromatic ring is 1. The number of halogens is 1. The normalized spacial score (nSPS) is 12.1. The summed E-state index contributed by atoms with van der Waals surface area (Å²) in [6.07, 6.45) is -0.283. The number of hydrogen-bond donors (Lipinski definition) is 4. The lowest BCUT2D eigenvalue weighted by Gasteiger charge is -2.21. The van der Waals surface area contributed by atoms with Crippen molar-refractivity contribution in [3.8, 4) is 40.5 Å². The van der Waals surface area contributed by atoms with Crippen molar-refractivity contribution in [3.63, 3.8) is 0 Å². The van der Waals surface area contributed by atoms with Crippen molar-refractivity contribution in [2.75, 3.05) is 25.5 Å². The van der Waals surface area contributed by atoms with Gasteiger partial charge < -0.3 is 40.1 Å². The van der Waals surface area contributed by atoms with E-state index in [9.17, 15) is 30.0 Å². The van der Waals surface area contributed by atoms with Crippen molar-refractivity contribution in [3.05, 3.63) is 76.6 Å². The maximum absolute atomic E-state index is 12.6. The number of rotatable bonds is 15. The van der Waals surface area contributed by atoms with Gasteiger partial charge in [0.15, 0.2) is 6.04 Å². The highest BCUT2D eigenvalue weighted by Crippen LogP contribution is 2.37. The molecule has 2 aromatic carbocycles. The van der Waals surface area contributed by atoms with Gasteiger partial charge >= 0.3 is 12.1 Å². The maximum Gasteiger partial charge on any atom is 0.408 e. The van der Waals surface area contributed by atoms with E-state index in [2.05, 4.69) is 32.7 Å². The molecule has 0 saturated carbocycles. The molecule has 0 aliphatic heterocycles. The Morgan fingerprint density at radius 1 is 1.02 bits per heavy atom. The topological polar surface area (TPSA) is 236 Å². The first kappa shape index (κ1) is 41.0. The van der Waals surface area contributed by atoms with E-state index >= 15 is 0 Å². The van der Waals surface area contributed by atoms with Crippen LogP contribution in [0.3, 0.4) is 0 Å². The summed E-state index contributed by atoms with van der Waals surface area (Å²) in [7, 11) is 0.